The maximum Gasteiger partial charge on any atom is 0.182 e. The molecule has 2 aromatic rings. The Hall–Kier alpha value is -1.56. The zero-order valence-corrected chi connectivity index (χ0v) is 11.4. The topological polar surface area (TPSA) is 54.8 Å². The molecule has 0 fully saturated rings. The molecular weight excluding hydrogens is 234 g/mol. The second kappa shape index (κ2) is 4.75. The van der Waals surface area contributed by atoms with Crippen molar-refractivity contribution in [2.45, 2.75) is 20.4 Å². The van der Waals surface area contributed by atoms with Crippen molar-refractivity contribution in [2.75, 3.05) is 24.7 Å². The average molecular weight is 251 g/mol. The van der Waals surface area contributed by atoms with E-state index in [9.17, 15) is 0 Å². The van der Waals surface area contributed by atoms with Gasteiger partial charge >= 0.3 is 0 Å². The Morgan fingerprint density at radius 1 is 1.29 bits per heavy atom. The van der Waals surface area contributed by atoms with Crippen molar-refractivity contribution in [3.8, 4) is 0 Å². The van der Waals surface area contributed by atoms with Gasteiger partial charge in [-0.1, -0.05) is 11.3 Å². The quantitative estimate of drug-likeness (QED) is 0.873. The summed E-state index contributed by atoms with van der Waals surface area (Å²) in [6.07, 6.45) is 0. The molecule has 17 heavy (non-hydrogen) atoms. The third-order valence-corrected chi connectivity index (χ3v) is 3.72. The van der Waals surface area contributed by atoms with Gasteiger partial charge in [0.25, 0.3) is 0 Å². The number of nitrogens with one attached hydrogen (secondary N) is 2. The van der Waals surface area contributed by atoms with Gasteiger partial charge in [-0.25, -0.2) is 9.67 Å². The van der Waals surface area contributed by atoms with E-state index in [-0.39, 0.29) is 0 Å². The van der Waals surface area contributed by atoms with Gasteiger partial charge in [-0.2, -0.15) is 5.10 Å². The Labute approximate surface area is 105 Å². The van der Waals surface area contributed by atoms with Crippen molar-refractivity contribution in [1.82, 2.24) is 14.8 Å². The smallest absolute Gasteiger partial charge is 0.182 e. The molecule has 0 unspecified atom stereocenters. The molecule has 0 atom stereocenters. The lowest BCUT2D eigenvalue weighted by atomic mass is 10.4. The number of hydrogen-bond acceptors (Lipinski definition) is 5. The third kappa shape index (κ3) is 2.41. The van der Waals surface area contributed by atoms with Gasteiger partial charge in [-0.15, -0.1) is 0 Å². The number of rotatable bonds is 4. The second-order valence-electron chi connectivity index (χ2n) is 3.86. The fraction of sp³-hybridized carbons (Fsp3) is 0.455. The molecule has 92 valence electrons. The summed E-state index contributed by atoms with van der Waals surface area (Å²) in [6.45, 7) is 4.78. The molecule has 2 N–H and O–H groups in total. The molecule has 0 aromatic carbocycles. The van der Waals surface area contributed by atoms with E-state index in [4.69, 9.17) is 0 Å². The minimum Gasteiger partial charge on any atom is -0.373 e. The number of hydrogen-bond donors (Lipinski definition) is 2. The molecule has 6 heteroatoms. The highest BCUT2D eigenvalue weighted by Gasteiger charge is 2.10. The fourth-order valence-electron chi connectivity index (χ4n) is 1.68. The van der Waals surface area contributed by atoms with E-state index in [2.05, 4.69) is 20.7 Å². The maximum absolute atomic E-state index is 4.47. The molecular formula is C11H17N5S. The van der Waals surface area contributed by atoms with E-state index in [1.165, 1.54) is 4.88 Å². The van der Waals surface area contributed by atoms with E-state index in [0.717, 1.165) is 28.9 Å². The van der Waals surface area contributed by atoms with Crippen molar-refractivity contribution in [2.24, 2.45) is 0 Å². The average Bonchev–Trinajstić information content (AvgIpc) is 2.83. The van der Waals surface area contributed by atoms with E-state index in [1.807, 2.05) is 38.7 Å². The van der Waals surface area contributed by atoms with Crippen molar-refractivity contribution >= 4 is 22.3 Å². The molecule has 0 aliphatic carbocycles. The first-order valence-electron chi connectivity index (χ1n) is 5.50. The lowest BCUT2D eigenvalue weighted by Gasteiger charge is -2.05. The van der Waals surface area contributed by atoms with Crippen LogP contribution in [0.4, 0.5) is 10.9 Å². The fourth-order valence-corrected chi connectivity index (χ4v) is 2.58. The molecule has 2 heterocycles. The molecule has 2 aromatic heterocycles. The number of thiazole rings is 1. The number of anilines is 2. The van der Waals surface area contributed by atoms with Crippen molar-refractivity contribution in [3.63, 3.8) is 0 Å². The standard InChI is InChI=1S/C11H17N5S/c1-7-5-10(12-3)16(15-7)6-9-8(2)14-11(13-4)17-9/h5,12H,6H2,1-4H3,(H,13,14). The molecule has 0 aliphatic heterocycles. The summed E-state index contributed by atoms with van der Waals surface area (Å²) in [7, 11) is 3.80. The van der Waals surface area contributed by atoms with Gasteiger partial charge in [0.15, 0.2) is 5.13 Å². The minimum atomic E-state index is 0.759. The molecule has 0 saturated heterocycles. The van der Waals surface area contributed by atoms with E-state index >= 15 is 0 Å². The normalized spacial score (nSPS) is 10.6. The van der Waals surface area contributed by atoms with E-state index in [0.29, 0.717) is 0 Å². The van der Waals surface area contributed by atoms with Crippen LogP contribution in [0.2, 0.25) is 0 Å². The van der Waals surface area contributed by atoms with Crippen LogP contribution in [-0.2, 0) is 6.54 Å². The summed E-state index contributed by atoms with van der Waals surface area (Å²) in [5.74, 6) is 1.03. The zero-order valence-electron chi connectivity index (χ0n) is 10.5. The summed E-state index contributed by atoms with van der Waals surface area (Å²) < 4.78 is 1.97. The van der Waals surface area contributed by atoms with Gasteiger partial charge in [0.1, 0.15) is 5.82 Å². The van der Waals surface area contributed by atoms with Gasteiger partial charge in [0, 0.05) is 20.2 Å². The van der Waals surface area contributed by atoms with Crippen LogP contribution >= 0.6 is 11.3 Å². The maximum atomic E-state index is 4.47. The summed E-state index contributed by atoms with van der Waals surface area (Å²) in [5, 5.41) is 11.6. The Morgan fingerprint density at radius 2 is 2.06 bits per heavy atom. The van der Waals surface area contributed by atoms with Gasteiger partial charge in [0.05, 0.1) is 22.8 Å². The monoisotopic (exact) mass is 251 g/mol. The summed E-state index contributed by atoms with van der Waals surface area (Å²) >= 11 is 1.67. The van der Waals surface area contributed by atoms with Gasteiger partial charge in [-0.3, -0.25) is 0 Å². The molecule has 2 rings (SSSR count). The summed E-state index contributed by atoms with van der Waals surface area (Å²) in [6, 6.07) is 2.04. The molecule has 0 radical (unpaired) electrons. The number of aryl methyl sites for hydroxylation is 2. The predicted octanol–water partition coefficient (Wildman–Crippen LogP) is 2.09. The minimum absolute atomic E-state index is 0.759. The van der Waals surface area contributed by atoms with Crippen LogP contribution < -0.4 is 10.6 Å². The van der Waals surface area contributed by atoms with Crippen LogP contribution in [0.25, 0.3) is 0 Å². The third-order valence-electron chi connectivity index (χ3n) is 2.56. The van der Waals surface area contributed by atoms with Crippen LogP contribution in [0.3, 0.4) is 0 Å². The first kappa shape index (κ1) is 11.9. The van der Waals surface area contributed by atoms with Crippen LogP contribution in [0.1, 0.15) is 16.3 Å². The molecule has 0 aliphatic rings. The van der Waals surface area contributed by atoms with Crippen LogP contribution in [-0.4, -0.2) is 28.9 Å². The van der Waals surface area contributed by atoms with E-state index in [1.54, 1.807) is 11.3 Å². The highest BCUT2D eigenvalue weighted by molar-refractivity contribution is 7.15. The lowest BCUT2D eigenvalue weighted by molar-refractivity contribution is 0.690. The molecule has 0 amide bonds. The number of aromatic nitrogens is 3. The summed E-state index contributed by atoms with van der Waals surface area (Å²) in [4.78, 5) is 5.66. The Bertz CT molecular complexity index is 514. The Morgan fingerprint density at radius 3 is 2.65 bits per heavy atom. The molecule has 0 saturated carbocycles. The Kier molecular flexibility index (Phi) is 3.33. The van der Waals surface area contributed by atoms with Crippen molar-refractivity contribution < 1.29 is 0 Å². The summed E-state index contributed by atoms with van der Waals surface area (Å²) in [5.41, 5.74) is 2.08. The molecule has 5 nitrogen and oxygen atoms in total. The van der Waals surface area contributed by atoms with Crippen molar-refractivity contribution in [1.29, 1.82) is 0 Å². The van der Waals surface area contributed by atoms with Crippen molar-refractivity contribution in [3.05, 3.63) is 22.3 Å². The highest BCUT2D eigenvalue weighted by atomic mass is 32.1. The van der Waals surface area contributed by atoms with Crippen LogP contribution in [0.15, 0.2) is 6.07 Å². The molecule has 0 bridgehead atoms. The SMILES string of the molecule is CNc1nc(C)c(Cn2nc(C)cc2NC)s1. The highest BCUT2D eigenvalue weighted by Crippen LogP contribution is 2.24. The zero-order chi connectivity index (χ0) is 12.4. The lowest BCUT2D eigenvalue weighted by Crippen LogP contribution is -2.05. The van der Waals surface area contributed by atoms with Crippen LogP contribution in [0, 0.1) is 13.8 Å². The van der Waals surface area contributed by atoms with Gasteiger partial charge < -0.3 is 10.6 Å². The van der Waals surface area contributed by atoms with Gasteiger partial charge in [0.2, 0.25) is 0 Å². The first-order valence-corrected chi connectivity index (χ1v) is 6.32. The van der Waals surface area contributed by atoms with E-state index < -0.39 is 0 Å². The largest absolute Gasteiger partial charge is 0.373 e. The predicted molar refractivity (Wildman–Crippen MR) is 72.0 cm³/mol. The Balaban J connectivity index is 2.27. The van der Waals surface area contributed by atoms with Crippen LogP contribution in [0.5, 0.6) is 0 Å². The number of nitrogens with zero attached hydrogens (tertiary/aromatic N) is 3. The second-order valence-corrected chi connectivity index (χ2v) is 4.94. The first-order chi connectivity index (χ1) is 8.13. The van der Waals surface area contributed by atoms with Gasteiger partial charge in [-0.05, 0) is 13.8 Å². The molecule has 0 spiro atoms.